The van der Waals surface area contributed by atoms with Crippen LogP contribution in [-0.4, -0.2) is 27.5 Å². The van der Waals surface area contributed by atoms with E-state index in [1.807, 2.05) is 42.5 Å². The lowest BCUT2D eigenvalue weighted by Gasteiger charge is -2.17. The van der Waals surface area contributed by atoms with Gasteiger partial charge >= 0.3 is 0 Å². The van der Waals surface area contributed by atoms with Gasteiger partial charge in [-0.25, -0.2) is 9.97 Å². The Morgan fingerprint density at radius 3 is 2.52 bits per heavy atom. The molecule has 128 valence electrons. The minimum atomic E-state index is 0.265. The molecule has 3 aromatic rings. The molecule has 0 spiro atoms. The normalized spacial score (nSPS) is 11.8. The van der Waals surface area contributed by atoms with Gasteiger partial charge in [0.1, 0.15) is 11.5 Å². The van der Waals surface area contributed by atoms with Gasteiger partial charge in [0.25, 0.3) is 0 Å². The van der Waals surface area contributed by atoms with Gasteiger partial charge in [0.2, 0.25) is 0 Å². The molecule has 0 bridgehead atoms. The number of nitrogens with zero attached hydrogens (tertiary/aromatic N) is 3. The zero-order valence-corrected chi connectivity index (χ0v) is 14.6. The maximum atomic E-state index is 4.62. The predicted octanol–water partition coefficient (Wildman–Crippen LogP) is 4.01. The number of hydrogen-bond donors (Lipinski definition) is 2. The van der Waals surface area contributed by atoms with Crippen LogP contribution in [0.1, 0.15) is 19.5 Å². The van der Waals surface area contributed by atoms with Crippen LogP contribution >= 0.6 is 0 Å². The summed E-state index contributed by atoms with van der Waals surface area (Å²) in [6, 6.07) is 18.2. The molecule has 5 heteroatoms. The van der Waals surface area contributed by atoms with Gasteiger partial charge in [-0.3, -0.25) is 4.98 Å². The van der Waals surface area contributed by atoms with Crippen LogP contribution in [0.25, 0.3) is 11.5 Å². The van der Waals surface area contributed by atoms with Crippen molar-refractivity contribution in [3.05, 3.63) is 66.5 Å². The first-order valence-electron chi connectivity index (χ1n) is 8.59. The van der Waals surface area contributed by atoms with Crippen LogP contribution in [0.4, 0.5) is 11.5 Å². The van der Waals surface area contributed by atoms with E-state index in [9.17, 15) is 0 Å². The molecule has 2 N–H and O–H groups in total. The average molecular weight is 333 g/mol. The summed E-state index contributed by atoms with van der Waals surface area (Å²) in [5, 5.41) is 6.88. The van der Waals surface area contributed by atoms with Gasteiger partial charge in [-0.05, 0) is 37.6 Å². The molecule has 0 fully saturated rings. The highest BCUT2D eigenvalue weighted by molar-refractivity contribution is 5.53. The molecule has 0 aliphatic heterocycles. The average Bonchev–Trinajstić information content (AvgIpc) is 2.67. The molecule has 5 nitrogen and oxygen atoms in total. The van der Waals surface area contributed by atoms with Gasteiger partial charge in [0.15, 0.2) is 5.82 Å². The van der Waals surface area contributed by atoms with E-state index in [4.69, 9.17) is 0 Å². The number of aromatic nitrogens is 3. The summed E-state index contributed by atoms with van der Waals surface area (Å²) in [6.45, 7) is 4.99. The lowest BCUT2D eigenvalue weighted by Crippen LogP contribution is -2.25. The monoisotopic (exact) mass is 333 g/mol. The number of anilines is 2. The van der Waals surface area contributed by atoms with E-state index in [0.717, 1.165) is 35.9 Å². The van der Waals surface area contributed by atoms with Crippen molar-refractivity contribution in [2.45, 2.75) is 26.3 Å². The summed E-state index contributed by atoms with van der Waals surface area (Å²) in [5.41, 5.74) is 2.90. The first kappa shape index (κ1) is 16.9. The third kappa shape index (κ3) is 4.76. The first-order chi connectivity index (χ1) is 12.2. The fourth-order valence-electron chi connectivity index (χ4n) is 2.51. The highest BCUT2D eigenvalue weighted by atomic mass is 15.1. The van der Waals surface area contributed by atoms with E-state index in [2.05, 4.69) is 51.6 Å². The van der Waals surface area contributed by atoms with Gasteiger partial charge in [-0.2, -0.15) is 0 Å². The molecule has 25 heavy (non-hydrogen) atoms. The second kappa shape index (κ2) is 8.24. The Morgan fingerprint density at radius 2 is 1.80 bits per heavy atom. The Labute approximate surface area is 148 Å². The molecule has 1 aromatic carbocycles. The molecule has 0 aliphatic carbocycles. The van der Waals surface area contributed by atoms with Crippen molar-refractivity contribution in [2.24, 2.45) is 0 Å². The molecule has 0 saturated carbocycles. The Balaban J connectivity index is 1.69. The van der Waals surface area contributed by atoms with Crippen molar-refractivity contribution >= 4 is 11.5 Å². The molecule has 2 heterocycles. The third-order valence-corrected chi connectivity index (χ3v) is 3.81. The van der Waals surface area contributed by atoms with Crippen LogP contribution in [0.2, 0.25) is 0 Å². The molecule has 1 unspecified atom stereocenters. The fourth-order valence-corrected chi connectivity index (χ4v) is 2.51. The highest BCUT2D eigenvalue weighted by Gasteiger charge is 2.08. The molecule has 0 aliphatic rings. The van der Waals surface area contributed by atoms with Gasteiger partial charge in [0, 0.05) is 36.2 Å². The highest BCUT2D eigenvalue weighted by Crippen LogP contribution is 2.16. The summed E-state index contributed by atoms with van der Waals surface area (Å²) in [7, 11) is 0. The van der Waals surface area contributed by atoms with Gasteiger partial charge < -0.3 is 10.6 Å². The largest absolute Gasteiger partial charge is 0.381 e. The molecular weight excluding hydrogens is 310 g/mol. The van der Waals surface area contributed by atoms with E-state index >= 15 is 0 Å². The van der Waals surface area contributed by atoms with E-state index in [1.54, 1.807) is 6.20 Å². The number of para-hydroxylation sites is 1. The maximum absolute atomic E-state index is 4.62. The number of pyridine rings is 1. The van der Waals surface area contributed by atoms with Gasteiger partial charge in [0.05, 0.1) is 0 Å². The summed E-state index contributed by atoms with van der Waals surface area (Å²) >= 11 is 0. The van der Waals surface area contributed by atoms with Crippen molar-refractivity contribution in [3.8, 4) is 11.5 Å². The number of nitrogens with one attached hydrogen (secondary N) is 2. The maximum Gasteiger partial charge on any atom is 0.180 e. The van der Waals surface area contributed by atoms with Crippen LogP contribution in [0.5, 0.6) is 0 Å². The second-order valence-corrected chi connectivity index (χ2v) is 5.93. The second-order valence-electron chi connectivity index (χ2n) is 5.93. The molecule has 1 atom stereocenters. The summed E-state index contributed by atoms with van der Waals surface area (Å²) in [5.74, 6) is 1.49. The van der Waals surface area contributed by atoms with Gasteiger partial charge in [-0.15, -0.1) is 0 Å². The van der Waals surface area contributed by atoms with Crippen molar-refractivity contribution in [2.75, 3.05) is 17.2 Å². The topological polar surface area (TPSA) is 62.7 Å². The smallest absolute Gasteiger partial charge is 0.180 e. The van der Waals surface area contributed by atoms with Crippen molar-refractivity contribution in [1.82, 2.24) is 15.0 Å². The quantitative estimate of drug-likeness (QED) is 0.684. The van der Waals surface area contributed by atoms with Crippen LogP contribution in [-0.2, 0) is 6.42 Å². The minimum Gasteiger partial charge on any atom is -0.381 e. The lowest BCUT2D eigenvalue weighted by molar-refractivity contribution is 0.829. The van der Waals surface area contributed by atoms with E-state index < -0.39 is 0 Å². The Morgan fingerprint density at radius 1 is 1.00 bits per heavy atom. The zero-order chi connectivity index (χ0) is 17.5. The molecule has 2 aromatic heterocycles. The Bertz CT molecular complexity index is 790. The molecular formula is C20H23N5. The summed E-state index contributed by atoms with van der Waals surface area (Å²) < 4.78 is 0. The summed E-state index contributed by atoms with van der Waals surface area (Å²) in [6.07, 6.45) is 2.62. The Hall–Kier alpha value is -2.95. The number of rotatable bonds is 7. The van der Waals surface area contributed by atoms with Crippen LogP contribution in [0, 0.1) is 0 Å². The first-order valence-corrected chi connectivity index (χ1v) is 8.59. The molecule has 0 radical (unpaired) electrons. The van der Waals surface area contributed by atoms with Crippen molar-refractivity contribution < 1.29 is 0 Å². The zero-order valence-electron chi connectivity index (χ0n) is 14.6. The number of benzene rings is 1. The Kier molecular flexibility index (Phi) is 5.57. The number of aryl methyl sites for hydroxylation is 1. The summed E-state index contributed by atoms with van der Waals surface area (Å²) in [4.78, 5) is 13.6. The van der Waals surface area contributed by atoms with E-state index in [-0.39, 0.29) is 6.04 Å². The van der Waals surface area contributed by atoms with Crippen molar-refractivity contribution in [1.29, 1.82) is 0 Å². The van der Waals surface area contributed by atoms with E-state index in [1.165, 1.54) is 0 Å². The van der Waals surface area contributed by atoms with E-state index in [0.29, 0.717) is 5.82 Å². The van der Waals surface area contributed by atoms with Crippen LogP contribution in [0.3, 0.4) is 0 Å². The molecule has 0 amide bonds. The molecule has 3 rings (SSSR count). The fraction of sp³-hybridized carbons (Fsp3) is 0.250. The third-order valence-electron chi connectivity index (χ3n) is 3.81. The van der Waals surface area contributed by atoms with Crippen molar-refractivity contribution in [3.63, 3.8) is 0 Å². The SMILES string of the molecule is CCc1cc(NCC(C)Nc2ccccc2)nc(-c2ccccn2)n1. The van der Waals surface area contributed by atoms with Crippen LogP contribution < -0.4 is 10.6 Å². The van der Waals surface area contributed by atoms with Gasteiger partial charge in [-0.1, -0.05) is 31.2 Å². The minimum absolute atomic E-state index is 0.265. The molecule has 0 saturated heterocycles. The van der Waals surface area contributed by atoms with Crippen LogP contribution in [0.15, 0.2) is 60.8 Å². The standard InChI is InChI=1S/C20H23N5/c1-3-16-13-19(25-20(24-16)18-11-7-8-12-21-18)22-14-15(2)23-17-9-5-4-6-10-17/h4-13,15,23H,3,14H2,1-2H3,(H,22,24,25). The lowest BCUT2D eigenvalue weighted by atomic mass is 10.2. The predicted molar refractivity (Wildman–Crippen MR) is 103 cm³/mol. The number of hydrogen-bond acceptors (Lipinski definition) is 5.